The quantitative estimate of drug-likeness (QED) is 0.517. The lowest BCUT2D eigenvalue weighted by atomic mass is 9.87. The summed E-state index contributed by atoms with van der Waals surface area (Å²) in [6.45, 7) is 8.65. The van der Waals surface area contributed by atoms with E-state index in [0.29, 0.717) is 0 Å². The first kappa shape index (κ1) is 14.8. The van der Waals surface area contributed by atoms with Crippen LogP contribution in [0.4, 0.5) is 0 Å². The number of hydrogen-bond acceptors (Lipinski definition) is 3. The molecule has 0 atom stereocenters. The van der Waals surface area contributed by atoms with Crippen molar-refractivity contribution in [1.29, 1.82) is 0 Å². The summed E-state index contributed by atoms with van der Waals surface area (Å²) in [7, 11) is 0. The lowest BCUT2D eigenvalue weighted by Crippen LogP contribution is -2.10. The summed E-state index contributed by atoms with van der Waals surface area (Å²) in [6.07, 6.45) is 0. The maximum atomic E-state index is 4.70. The lowest BCUT2D eigenvalue weighted by molar-refractivity contribution is 0.590. The van der Waals surface area contributed by atoms with Crippen molar-refractivity contribution >= 4 is 16.6 Å². The van der Waals surface area contributed by atoms with E-state index in [1.165, 1.54) is 5.56 Å². The minimum Gasteiger partial charge on any atom is -0.262 e. The van der Waals surface area contributed by atoms with Crippen molar-refractivity contribution in [3.63, 3.8) is 0 Å². The van der Waals surface area contributed by atoms with Crippen molar-refractivity contribution in [2.45, 2.75) is 33.1 Å². The molecule has 0 saturated carbocycles. The Hall–Kier alpha value is -2.75. The van der Waals surface area contributed by atoms with Gasteiger partial charge in [-0.3, -0.25) is 4.40 Å². The Balaban J connectivity index is 1.93. The monoisotopic (exact) mass is 316 g/mol. The Morgan fingerprint density at radius 3 is 2.29 bits per heavy atom. The molecule has 4 nitrogen and oxygen atoms in total. The summed E-state index contributed by atoms with van der Waals surface area (Å²) in [4.78, 5) is 4.70. The molecule has 24 heavy (non-hydrogen) atoms. The van der Waals surface area contributed by atoms with E-state index in [4.69, 9.17) is 4.98 Å². The first-order valence-corrected chi connectivity index (χ1v) is 8.16. The average molecular weight is 316 g/mol. The Labute approximate surface area is 141 Å². The number of para-hydroxylation sites is 1. The summed E-state index contributed by atoms with van der Waals surface area (Å²) in [5.41, 5.74) is 4.30. The average Bonchev–Trinajstić information content (AvgIpc) is 3.00. The zero-order chi connectivity index (χ0) is 16.9. The van der Waals surface area contributed by atoms with Crippen LogP contribution >= 0.6 is 0 Å². The lowest BCUT2D eigenvalue weighted by Gasteiger charge is -2.19. The second kappa shape index (κ2) is 5.13. The Bertz CT molecular complexity index is 1040. The molecule has 0 fully saturated rings. The van der Waals surface area contributed by atoms with Crippen molar-refractivity contribution in [3.05, 3.63) is 59.9 Å². The highest BCUT2D eigenvalue weighted by Gasteiger charge is 2.16. The van der Waals surface area contributed by atoms with Crippen LogP contribution in [0.3, 0.4) is 0 Å². The van der Waals surface area contributed by atoms with Crippen molar-refractivity contribution in [3.8, 4) is 11.4 Å². The van der Waals surface area contributed by atoms with Crippen LogP contribution in [0.15, 0.2) is 48.5 Å². The number of hydrogen-bond donors (Lipinski definition) is 0. The first-order valence-electron chi connectivity index (χ1n) is 8.16. The van der Waals surface area contributed by atoms with E-state index in [0.717, 1.165) is 33.8 Å². The van der Waals surface area contributed by atoms with Gasteiger partial charge in [0.1, 0.15) is 5.82 Å². The summed E-state index contributed by atoms with van der Waals surface area (Å²) >= 11 is 0. The number of rotatable bonds is 1. The zero-order valence-electron chi connectivity index (χ0n) is 14.4. The van der Waals surface area contributed by atoms with Gasteiger partial charge in [-0.05, 0) is 30.0 Å². The predicted octanol–water partition coefficient (Wildman–Crippen LogP) is 4.55. The van der Waals surface area contributed by atoms with Crippen LogP contribution in [-0.2, 0) is 5.41 Å². The van der Waals surface area contributed by atoms with E-state index in [1.54, 1.807) is 0 Å². The minimum absolute atomic E-state index is 0.138. The van der Waals surface area contributed by atoms with E-state index < -0.39 is 0 Å². The molecule has 0 aliphatic heterocycles. The fourth-order valence-corrected chi connectivity index (χ4v) is 3.06. The van der Waals surface area contributed by atoms with Gasteiger partial charge >= 0.3 is 0 Å². The molecule has 2 aromatic carbocycles. The molecule has 2 heterocycles. The molecule has 0 saturated heterocycles. The van der Waals surface area contributed by atoms with Crippen molar-refractivity contribution in [2.75, 3.05) is 0 Å². The topological polar surface area (TPSA) is 43.1 Å². The molecule has 0 bridgehead atoms. The molecule has 0 aliphatic carbocycles. The molecule has 4 aromatic rings. The fraction of sp³-hybridized carbons (Fsp3) is 0.250. The van der Waals surface area contributed by atoms with Crippen LogP contribution in [0.25, 0.3) is 27.9 Å². The smallest absolute Gasteiger partial charge is 0.171 e. The normalized spacial score (nSPS) is 12.2. The maximum Gasteiger partial charge on any atom is 0.171 e. The number of aromatic nitrogens is 4. The molecule has 0 N–H and O–H groups in total. The largest absolute Gasteiger partial charge is 0.262 e. The van der Waals surface area contributed by atoms with Gasteiger partial charge in [-0.25, -0.2) is 4.98 Å². The second-order valence-electron chi connectivity index (χ2n) is 7.19. The van der Waals surface area contributed by atoms with Crippen LogP contribution < -0.4 is 0 Å². The van der Waals surface area contributed by atoms with Crippen LogP contribution in [0, 0.1) is 6.92 Å². The van der Waals surface area contributed by atoms with Crippen molar-refractivity contribution < 1.29 is 0 Å². The highest BCUT2D eigenvalue weighted by molar-refractivity contribution is 5.92. The van der Waals surface area contributed by atoms with E-state index in [1.807, 2.05) is 35.6 Å². The standard InChI is InChI=1S/C20H20N4/c1-13-21-17-8-6-5-7-16(17)19-23-22-18(24(13)19)14-9-11-15(12-10-14)20(2,3)4/h5-12H,1-4H3. The van der Waals surface area contributed by atoms with Gasteiger partial charge in [-0.1, -0.05) is 57.2 Å². The third-order valence-electron chi connectivity index (χ3n) is 4.42. The van der Waals surface area contributed by atoms with E-state index in [2.05, 4.69) is 55.2 Å². The van der Waals surface area contributed by atoms with Crippen LogP contribution in [-0.4, -0.2) is 19.6 Å². The molecule has 0 amide bonds. The Kier molecular flexibility index (Phi) is 3.17. The van der Waals surface area contributed by atoms with Gasteiger partial charge in [-0.2, -0.15) is 0 Å². The van der Waals surface area contributed by atoms with Crippen molar-refractivity contribution in [2.24, 2.45) is 0 Å². The third kappa shape index (κ3) is 2.26. The molecule has 4 rings (SSSR count). The van der Waals surface area contributed by atoms with E-state index in [-0.39, 0.29) is 5.41 Å². The fourth-order valence-electron chi connectivity index (χ4n) is 3.06. The maximum absolute atomic E-state index is 4.70. The summed E-state index contributed by atoms with van der Waals surface area (Å²) in [5, 5.41) is 9.89. The zero-order valence-corrected chi connectivity index (χ0v) is 14.4. The van der Waals surface area contributed by atoms with E-state index in [9.17, 15) is 0 Å². The van der Waals surface area contributed by atoms with Crippen LogP contribution in [0.5, 0.6) is 0 Å². The van der Waals surface area contributed by atoms with Crippen molar-refractivity contribution in [1.82, 2.24) is 19.6 Å². The summed E-state index contributed by atoms with van der Waals surface area (Å²) in [5.74, 6) is 1.73. The minimum atomic E-state index is 0.138. The highest BCUT2D eigenvalue weighted by Crippen LogP contribution is 2.27. The molecule has 2 aromatic heterocycles. The highest BCUT2D eigenvalue weighted by atomic mass is 15.3. The number of benzene rings is 2. The molecular formula is C20H20N4. The van der Waals surface area contributed by atoms with E-state index >= 15 is 0 Å². The number of aryl methyl sites for hydroxylation is 1. The Morgan fingerprint density at radius 1 is 0.875 bits per heavy atom. The van der Waals surface area contributed by atoms with Gasteiger partial charge in [0.2, 0.25) is 0 Å². The molecule has 4 heteroatoms. The molecular weight excluding hydrogens is 296 g/mol. The SMILES string of the molecule is Cc1nc2ccccc2c2nnc(-c3ccc(C(C)(C)C)cc3)n12. The van der Waals surface area contributed by atoms with Gasteiger partial charge in [0, 0.05) is 10.9 Å². The summed E-state index contributed by atoms with van der Waals surface area (Å²) < 4.78 is 2.04. The molecule has 0 aliphatic rings. The summed E-state index contributed by atoms with van der Waals surface area (Å²) in [6, 6.07) is 16.6. The molecule has 0 unspecified atom stereocenters. The third-order valence-corrected chi connectivity index (χ3v) is 4.42. The van der Waals surface area contributed by atoms with Gasteiger partial charge < -0.3 is 0 Å². The van der Waals surface area contributed by atoms with Crippen LogP contribution in [0.1, 0.15) is 32.2 Å². The number of fused-ring (bicyclic) bond motifs is 3. The van der Waals surface area contributed by atoms with Gasteiger partial charge in [-0.15, -0.1) is 10.2 Å². The first-order chi connectivity index (χ1) is 11.4. The van der Waals surface area contributed by atoms with Crippen LogP contribution in [0.2, 0.25) is 0 Å². The predicted molar refractivity (Wildman–Crippen MR) is 97.2 cm³/mol. The molecule has 120 valence electrons. The Morgan fingerprint density at radius 2 is 1.58 bits per heavy atom. The van der Waals surface area contributed by atoms with Gasteiger partial charge in [0.15, 0.2) is 11.5 Å². The molecule has 0 spiro atoms. The molecule has 0 radical (unpaired) electrons. The second-order valence-corrected chi connectivity index (χ2v) is 7.19. The number of nitrogens with zero attached hydrogens (tertiary/aromatic N) is 4. The van der Waals surface area contributed by atoms with Gasteiger partial charge in [0.25, 0.3) is 0 Å². The van der Waals surface area contributed by atoms with Gasteiger partial charge in [0.05, 0.1) is 5.52 Å².